The average Bonchev–Trinajstić information content (AvgIpc) is 2.34. The molecule has 0 atom stereocenters. The molecule has 0 spiro atoms. The van der Waals surface area contributed by atoms with Gasteiger partial charge in [-0.2, -0.15) is 0 Å². The van der Waals surface area contributed by atoms with Gasteiger partial charge in [-0.25, -0.2) is 0 Å². The number of likely N-dealkylation sites (N-methyl/N-ethyl adjacent to an activating group) is 1. The van der Waals surface area contributed by atoms with Crippen LogP contribution in [0.3, 0.4) is 0 Å². The van der Waals surface area contributed by atoms with Crippen LogP contribution in [0.2, 0.25) is 0 Å². The van der Waals surface area contributed by atoms with Crippen molar-refractivity contribution in [1.29, 1.82) is 0 Å². The SMILES string of the molecule is CN(CCc1ccc(Br)cc1)C(=O)CCCO. The summed E-state index contributed by atoms with van der Waals surface area (Å²) >= 11 is 3.39. The largest absolute Gasteiger partial charge is 0.396 e. The molecule has 0 aliphatic carbocycles. The first-order chi connectivity index (χ1) is 8.13. The molecule has 0 fully saturated rings. The summed E-state index contributed by atoms with van der Waals surface area (Å²) in [5, 5.41) is 8.66. The zero-order chi connectivity index (χ0) is 12.7. The topological polar surface area (TPSA) is 40.5 Å². The molecule has 0 radical (unpaired) electrons. The van der Waals surface area contributed by atoms with Gasteiger partial charge >= 0.3 is 0 Å². The fraction of sp³-hybridized carbons (Fsp3) is 0.462. The monoisotopic (exact) mass is 299 g/mol. The Balaban J connectivity index is 2.34. The number of amides is 1. The summed E-state index contributed by atoms with van der Waals surface area (Å²) in [6.07, 6.45) is 1.82. The van der Waals surface area contributed by atoms with E-state index in [1.54, 1.807) is 11.9 Å². The summed E-state index contributed by atoms with van der Waals surface area (Å²) in [6.45, 7) is 0.790. The van der Waals surface area contributed by atoms with Gasteiger partial charge in [-0.3, -0.25) is 4.79 Å². The number of carbonyl (C=O) groups is 1. The minimum absolute atomic E-state index is 0.0757. The van der Waals surface area contributed by atoms with Crippen LogP contribution in [0.1, 0.15) is 18.4 Å². The number of nitrogens with zero attached hydrogens (tertiary/aromatic N) is 1. The van der Waals surface area contributed by atoms with Gasteiger partial charge < -0.3 is 10.0 Å². The lowest BCUT2D eigenvalue weighted by Gasteiger charge is -2.16. The number of carbonyl (C=O) groups excluding carboxylic acids is 1. The van der Waals surface area contributed by atoms with E-state index in [0.29, 0.717) is 19.4 Å². The van der Waals surface area contributed by atoms with Crippen molar-refractivity contribution in [2.24, 2.45) is 0 Å². The third-order valence-electron chi connectivity index (χ3n) is 2.62. The average molecular weight is 300 g/mol. The second-order valence-electron chi connectivity index (χ2n) is 4.02. The van der Waals surface area contributed by atoms with Crippen LogP contribution < -0.4 is 0 Å². The molecule has 1 aromatic carbocycles. The minimum atomic E-state index is 0.0757. The predicted molar refractivity (Wildman–Crippen MR) is 71.8 cm³/mol. The molecular weight excluding hydrogens is 282 g/mol. The van der Waals surface area contributed by atoms with Crippen molar-refractivity contribution in [2.45, 2.75) is 19.3 Å². The summed E-state index contributed by atoms with van der Waals surface area (Å²) in [5.41, 5.74) is 1.22. The van der Waals surface area contributed by atoms with Crippen LogP contribution in [0.25, 0.3) is 0 Å². The Morgan fingerprint density at radius 1 is 1.35 bits per heavy atom. The third kappa shape index (κ3) is 5.33. The van der Waals surface area contributed by atoms with Crippen molar-refractivity contribution in [3.63, 3.8) is 0 Å². The van der Waals surface area contributed by atoms with E-state index in [9.17, 15) is 4.79 Å². The van der Waals surface area contributed by atoms with Gasteiger partial charge in [0, 0.05) is 31.1 Å². The molecule has 1 N–H and O–H groups in total. The summed E-state index contributed by atoms with van der Waals surface area (Å²) < 4.78 is 1.06. The number of benzene rings is 1. The molecule has 17 heavy (non-hydrogen) atoms. The van der Waals surface area contributed by atoms with Crippen LogP contribution >= 0.6 is 15.9 Å². The molecule has 0 aliphatic rings. The van der Waals surface area contributed by atoms with Crippen LogP contribution in [-0.2, 0) is 11.2 Å². The Hall–Kier alpha value is -0.870. The van der Waals surface area contributed by atoms with Crippen molar-refractivity contribution in [1.82, 2.24) is 4.90 Å². The van der Waals surface area contributed by atoms with Crippen molar-refractivity contribution in [3.8, 4) is 0 Å². The first-order valence-corrected chi connectivity index (χ1v) is 6.52. The number of hydrogen-bond donors (Lipinski definition) is 1. The molecule has 0 heterocycles. The van der Waals surface area contributed by atoms with Crippen molar-refractivity contribution in [3.05, 3.63) is 34.3 Å². The lowest BCUT2D eigenvalue weighted by molar-refractivity contribution is -0.130. The van der Waals surface area contributed by atoms with Crippen LogP contribution in [0.4, 0.5) is 0 Å². The fourth-order valence-corrected chi connectivity index (χ4v) is 1.76. The molecular formula is C13H18BrNO2. The second kappa shape index (κ2) is 7.45. The second-order valence-corrected chi connectivity index (χ2v) is 4.93. The van der Waals surface area contributed by atoms with E-state index in [1.807, 2.05) is 12.1 Å². The zero-order valence-electron chi connectivity index (χ0n) is 10.0. The van der Waals surface area contributed by atoms with E-state index in [1.165, 1.54) is 5.56 Å². The summed E-state index contributed by atoms with van der Waals surface area (Å²) in [5.74, 6) is 0.0937. The predicted octanol–water partition coefficient (Wildman–Crippen LogP) is 2.22. The molecule has 4 heteroatoms. The summed E-state index contributed by atoms with van der Waals surface area (Å²) in [6, 6.07) is 8.11. The lowest BCUT2D eigenvalue weighted by atomic mass is 10.1. The Morgan fingerprint density at radius 3 is 2.59 bits per heavy atom. The first-order valence-electron chi connectivity index (χ1n) is 5.72. The van der Waals surface area contributed by atoms with Crippen LogP contribution in [-0.4, -0.2) is 36.1 Å². The third-order valence-corrected chi connectivity index (χ3v) is 3.15. The van der Waals surface area contributed by atoms with Crippen molar-refractivity contribution < 1.29 is 9.90 Å². The molecule has 1 rings (SSSR count). The van der Waals surface area contributed by atoms with E-state index >= 15 is 0 Å². The van der Waals surface area contributed by atoms with E-state index in [4.69, 9.17) is 5.11 Å². The number of aliphatic hydroxyl groups is 1. The Labute approximate surface area is 111 Å². The number of aliphatic hydroxyl groups excluding tert-OH is 1. The lowest BCUT2D eigenvalue weighted by Crippen LogP contribution is -2.28. The molecule has 3 nitrogen and oxygen atoms in total. The van der Waals surface area contributed by atoms with E-state index < -0.39 is 0 Å². The molecule has 0 saturated carbocycles. The zero-order valence-corrected chi connectivity index (χ0v) is 11.6. The standard InChI is InChI=1S/C13H18BrNO2/c1-15(13(17)3-2-10-16)9-8-11-4-6-12(14)7-5-11/h4-7,16H,2-3,8-10H2,1H3. The smallest absolute Gasteiger partial charge is 0.222 e. The minimum Gasteiger partial charge on any atom is -0.396 e. The summed E-state index contributed by atoms with van der Waals surface area (Å²) in [7, 11) is 1.80. The fourth-order valence-electron chi connectivity index (χ4n) is 1.49. The molecule has 0 saturated heterocycles. The van der Waals surface area contributed by atoms with Gasteiger partial charge in [0.2, 0.25) is 5.91 Å². The highest BCUT2D eigenvalue weighted by molar-refractivity contribution is 9.10. The molecule has 0 bridgehead atoms. The number of halogens is 1. The number of hydrogen-bond acceptors (Lipinski definition) is 2. The van der Waals surface area contributed by atoms with Gasteiger partial charge in [-0.15, -0.1) is 0 Å². The molecule has 0 unspecified atom stereocenters. The highest BCUT2D eigenvalue weighted by Gasteiger charge is 2.07. The molecule has 94 valence electrons. The van der Waals surface area contributed by atoms with E-state index in [-0.39, 0.29) is 12.5 Å². The van der Waals surface area contributed by atoms with Crippen LogP contribution in [0.5, 0.6) is 0 Å². The number of rotatable bonds is 6. The first kappa shape index (κ1) is 14.2. The van der Waals surface area contributed by atoms with Gasteiger partial charge in [0.1, 0.15) is 0 Å². The van der Waals surface area contributed by atoms with E-state index in [0.717, 1.165) is 10.9 Å². The van der Waals surface area contributed by atoms with Crippen molar-refractivity contribution >= 4 is 21.8 Å². The van der Waals surface area contributed by atoms with Gasteiger partial charge in [0.05, 0.1) is 0 Å². The van der Waals surface area contributed by atoms with Crippen LogP contribution in [0.15, 0.2) is 28.7 Å². The molecule has 1 aromatic rings. The maximum Gasteiger partial charge on any atom is 0.222 e. The maximum atomic E-state index is 11.6. The van der Waals surface area contributed by atoms with Crippen LogP contribution in [0, 0.1) is 0 Å². The van der Waals surface area contributed by atoms with Gasteiger partial charge in [-0.1, -0.05) is 28.1 Å². The quantitative estimate of drug-likeness (QED) is 0.875. The van der Waals surface area contributed by atoms with Gasteiger partial charge in [-0.05, 0) is 30.5 Å². The normalized spacial score (nSPS) is 10.3. The van der Waals surface area contributed by atoms with Crippen molar-refractivity contribution in [2.75, 3.05) is 20.2 Å². The highest BCUT2D eigenvalue weighted by atomic mass is 79.9. The van der Waals surface area contributed by atoms with Gasteiger partial charge in [0.25, 0.3) is 0 Å². The molecule has 0 aromatic heterocycles. The van der Waals surface area contributed by atoms with Gasteiger partial charge in [0.15, 0.2) is 0 Å². The Bertz CT molecular complexity index is 351. The van der Waals surface area contributed by atoms with E-state index in [2.05, 4.69) is 28.1 Å². The summed E-state index contributed by atoms with van der Waals surface area (Å²) in [4.78, 5) is 13.3. The molecule has 1 amide bonds. The highest BCUT2D eigenvalue weighted by Crippen LogP contribution is 2.11. The molecule has 0 aliphatic heterocycles. The maximum absolute atomic E-state index is 11.6. The Morgan fingerprint density at radius 2 is 2.00 bits per heavy atom. The Kier molecular flexibility index (Phi) is 6.22.